The van der Waals surface area contributed by atoms with Crippen LogP contribution in [0.25, 0.3) is 0 Å². The standard InChI is InChI=1S/C34H25ClN2O5/c1-42-22-16-12-19(13-17-22)27(38)18-36(32(39)20-10-14-21(35)15-11-20)37-33(40)30-28-23-6-2-3-7-24(23)29(31(30)34(37)41)26-9-5-4-8-25(26)28/h2-17,28-31H,18H2,1H3/t28?,29?,30-,31-/m0/s1. The number of ketones is 1. The van der Waals surface area contributed by atoms with Crippen LogP contribution < -0.4 is 4.74 Å². The third-order valence-electron chi connectivity index (χ3n) is 8.70. The maximum Gasteiger partial charge on any atom is 0.273 e. The predicted octanol–water partition coefficient (Wildman–Crippen LogP) is 5.48. The van der Waals surface area contributed by atoms with Crippen LogP contribution >= 0.6 is 11.6 Å². The van der Waals surface area contributed by atoms with Gasteiger partial charge in [0.2, 0.25) is 0 Å². The van der Waals surface area contributed by atoms with Crippen molar-refractivity contribution in [2.45, 2.75) is 11.8 Å². The number of carbonyl (C=O) groups is 4. The molecule has 208 valence electrons. The van der Waals surface area contributed by atoms with Crippen LogP contribution in [0.2, 0.25) is 5.02 Å². The molecule has 0 radical (unpaired) electrons. The number of benzene rings is 4. The summed E-state index contributed by atoms with van der Waals surface area (Å²) in [5.41, 5.74) is 4.62. The lowest BCUT2D eigenvalue weighted by Crippen LogP contribution is -2.52. The summed E-state index contributed by atoms with van der Waals surface area (Å²) in [6.45, 7) is -0.500. The predicted molar refractivity (Wildman–Crippen MR) is 155 cm³/mol. The quantitative estimate of drug-likeness (QED) is 0.224. The van der Waals surface area contributed by atoms with Gasteiger partial charge in [0, 0.05) is 28.0 Å². The first-order valence-corrected chi connectivity index (χ1v) is 14.1. The smallest absolute Gasteiger partial charge is 0.273 e. The monoisotopic (exact) mass is 576 g/mol. The van der Waals surface area contributed by atoms with Gasteiger partial charge in [-0.15, -0.1) is 0 Å². The molecule has 1 heterocycles. The molecule has 1 fully saturated rings. The van der Waals surface area contributed by atoms with Crippen LogP contribution in [0.15, 0.2) is 97.1 Å². The number of hydrogen-bond acceptors (Lipinski definition) is 5. The summed E-state index contributed by atoms with van der Waals surface area (Å²) in [4.78, 5) is 56.2. The van der Waals surface area contributed by atoms with Gasteiger partial charge in [-0.1, -0.05) is 60.1 Å². The fraction of sp³-hybridized carbons (Fsp3) is 0.176. The number of Topliss-reactive ketones (excluding diaryl/α,β-unsaturated/α-hetero) is 1. The molecule has 42 heavy (non-hydrogen) atoms. The summed E-state index contributed by atoms with van der Waals surface area (Å²) in [6.07, 6.45) is 0. The molecule has 0 unspecified atom stereocenters. The molecule has 2 atom stereocenters. The Bertz CT molecular complexity index is 1650. The lowest BCUT2D eigenvalue weighted by Gasteiger charge is -2.45. The Morgan fingerprint density at radius 1 is 0.714 bits per heavy atom. The first kappa shape index (κ1) is 26.2. The zero-order chi connectivity index (χ0) is 29.1. The van der Waals surface area contributed by atoms with Crippen molar-refractivity contribution < 1.29 is 23.9 Å². The van der Waals surface area contributed by atoms with E-state index in [9.17, 15) is 19.2 Å². The van der Waals surface area contributed by atoms with Crippen LogP contribution in [0.4, 0.5) is 0 Å². The van der Waals surface area contributed by atoms with Gasteiger partial charge in [0.1, 0.15) is 12.3 Å². The van der Waals surface area contributed by atoms with E-state index in [1.807, 2.05) is 48.5 Å². The Kier molecular flexibility index (Phi) is 6.21. The van der Waals surface area contributed by atoms with E-state index < -0.39 is 41.9 Å². The van der Waals surface area contributed by atoms with Crippen LogP contribution in [0, 0.1) is 11.8 Å². The number of methoxy groups -OCH3 is 1. The normalized spacial score (nSPS) is 21.4. The van der Waals surface area contributed by atoms with Gasteiger partial charge in [-0.2, -0.15) is 5.01 Å². The topological polar surface area (TPSA) is 84.0 Å². The molecule has 8 heteroatoms. The number of hydrogen-bond donors (Lipinski definition) is 0. The molecule has 8 rings (SSSR count). The van der Waals surface area contributed by atoms with Gasteiger partial charge in [-0.25, -0.2) is 5.01 Å². The van der Waals surface area contributed by atoms with Crippen LogP contribution in [-0.4, -0.2) is 47.2 Å². The van der Waals surface area contributed by atoms with Gasteiger partial charge < -0.3 is 4.74 Å². The second-order valence-corrected chi connectivity index (χ2v) is 11.2. The van der Waals surface area contributed by atoms with E-state index in [4.69, 9.17) is 16.3 Å². The summed E-state index contributed by atoms with van der Waals surface area (Å²) >= 11 is 6.06. The molecule has 4 aromatic carbocycles. The molecule has 0 saturated carbocycles. The fourth-order valence-corrected chi connectivity index (χ4v) is 7.00. The van der Waals surface area contributed by atoms with E-state index >= 15 is 0 Å². The lowest BCUT2D eigenvalue weighted by atomic mass is 9.55. The Morgan fingerprint density at radius 2 is 1.17 bits per heavy atom. The third-order valence-corrected chi connectivity index (χ3v) is 8.95. The summed E-state index contributed by atoms with van der Waals surface area (Å²) in [5.74, 6) is -3.50. The van der Waals surface area contributed by atoms with Crippen molar-refractivity contribution in [2.24, 2.45) is 11.8 Å². The number of amides is 3. The van der Waals surface area contributed by atoms with Crippen molar-refractivity contribution in [3.05, 3.63) is 135 Å². The molecule has 4 aliphatic rings. The first-order valence-electron chi connectivity index (χ1n) is 13.7. The molecule has 0 N–H and O–H groups in total. The Hall–Kier alpha value is -4.75. The first-order chi connectivity index (χ1) is 20.4. The minimum Gasteiger partial charge on any atom is -0.497 e. The largest absolute Gasteiger partial charge is 0.497 e. The van der Waals surface area contributed by atoms with Crippen molar-refractivity contribution in [2.75, 3.05) is 13.7 Å². The number of halogens is 1. The molecule has 4 aromatic rings. The molecule has 1 aliphatic heterocycles. The Morgan fingerprint density at radius 3 is 1.62 bits per heavy atom. The van der Waals surface area contributed by atoms with Gasteiger partial charge in [0.15, 0.2) is 5.78 Å². The average molecular weight is 577 g/mol. The van der Waals surface area contributed by atoms with Gasteiger partial charge in [0.25, 0.3) is 17.7 Å². The van der Waals surface area contributed by atoms with Crippen LogP contribution in [0.3, 0.4) is 0 Å². The van der Waals surface area contributed by atoms with Crippen molar-refractivity contribution in [1.29, 1.82) is 0 Å². The van der Waals surface area contributed by atoms with E-state index in [0.29, 0.717) is 16.3 Å². The minimum atomic E-state index is -0.691. The van der Waals surface area contributed by atoms with E-state index in [-0.39, 0.29) is 17.4 Å². The number of hydrazine groups is 1. The minimum absolute atomic E-state index is 0.201. The maximum atomic E-state index is 14.4. The van der Waals surface area contributed by atoms with E-state index in [1.165, 1.54) is 19.2 Å². The highest BCUT2D eigenvalue weighted by molar-refractivity contribution is 6.30. The van der Waals surface area contributed by atoms with Crippen molar-refractivity contribution in [3.63, 3.8) is 0 Å². The van der Waals surface area contributed by atoms with E-state index in [0.717, 1.165) is 32.3 Å². The Labute approximate surface area is 247 Å². The number of carbonyl (C=O) groups excluding carboxylic acids is 4. The summed E-state index contributed by atoms with van der Waals surface area (Å²) < 4.78 is 5.19. The molecular formula is C34H25ClN2O5. The van der Waals surface area contributed by atoms with Gasteiger partial charge in [0.05, 0.1) is 18.9 Å². The highest BCUT2D eigenvalue weighted by atomic mass is 35.5. The molecule has 1 saturated heterocycles. The Balaban J connectivity index is 1.31. The number of nitrogens with zero attached hydrogens (tertiary/aromatic N) is 2. The summed E-state index contributed by atoms with van der Waals surface area (Å²) in [7, 11) is 1.52. The zero-order valence-electron chi connectivity index (χ0n) is 22.6. The summed E-state index contributed by atoms with van der Waals surface area (Å²) in [5, 5.41) is 2.37. The second kappa shape index (κ2) is 9.96. The number of rotatable bonds is 6. The lowest BCUT2D eigenvalue weighted by molar-refractivity contribution is -0.154. The highest BCUT2D eigenvalue weighted by Gasteiger charge is 2.63. The SMILES string of the molecule is COc1ccc(C(=O)CN(C(=O)c2ccc(Cl)cc2)N2C(=O)[C@H]3C4c5ccccc5C(c5ccccc54)[C@@H]3C2=O)cc1. The molecular weight excluding hydrogens is 552 g/mol. The van der Waals surface area contributed by atoms with E-state index in [1.54, 1.807) is 36.4 Å². The maximum absolute atomic E-state index is 14.4. The zero-order valence-corrected chi connectivity index (χ0v) is 23.3. The van der Waals surface area contributed by atoms with Crippen LogP contribution in [0.1, 0.15) is 54.8 Å². The van der Waals surface area contributed by atoms with Gasteiger partial charge in [-0.05, 0) is 70.8 Å². The highest BCUT2D eigenvalue weighted by Crippen LogP contribution is 2.61. The van der Waals surface area contributed by atoms with Gasteiger partial charge >= 0.3 is 0 Å². The van der Waals surface area contributed by atoms with Crippen molar-refractivity contribution >= 4 is 35.1 Å². The molecule has 0 aromatic heterocycles. The fourth-order valence-electron chi connectivity index (χ4n) is 6.88. The molecule has 2 bridgehead atoms. The summed E-state index contributed by atoms with van der Waals surface area (Å²) in [6, 6.07) is 28.5. The number of ether oxygens (including phenoxy) is 1. The van der Waals surface area contributed by atoms with Crippen LogP contribution in [0.5, 0.6) is 5.75 Å². The third kappa shape index (κ3) is 3.88. The number of imide groups is 1. The van der Waals surface area contributed by atoms with Crippen LogP contribution in [-0.2, 0) is 9.59 Å². The van der Waals surface area contributed by atoms with Gasteiger partial charge in [-0.3, -0.25) is 19.2 Å². The second-order valence-electron chi connectivity index (χ2n) is 10.8. The van der Waals surface area contributed by atoms with E-state index in [2.05, 4.69) is 0 Å². The molecule has 7 nitrogen and oxygen atoms in total. The average Bonchev–Trinajstić information content (AvgIpc) is 3.29. The van der Waals surface area contributed by atoms with Crippen molar-refractivity contribution in [3.8, 4) is 5.75 Å². The molecule has 3 amide bonds. The molecule has 3 aliphatic carbocycles. The molecule has 0 spiro atoms. The van der Waals surface area contributed by atoms with Crippen molar-refractivity contribution in [1.82, 2.24) is 10.0 Å².